The van der Waals surface area contributed by atoms with E-state index in [0.29, 0.717) is 5.92 Å². The summed E-state index contributed by atoms with van der Waals surface area (Å²) >= 11 is 1.54. The molecule has 0 radical (unpaired) electrons. The molecule has 3 aliphatic heterocycles. The van der Waals surface area contributed by atoms with Gasteiger partial charge in [0, 0.05) is 23.0 Å². The molecule has 126 valence electrons. The third-order valence-corrected chi connectivity index (χ3v) is 6.58. The van der Waals surface area contributed by atoms with Gasteiger partial charge in [-0.25, -0.2) is 4.79 Å². The first kappa shape index (κ1) is 15.7. The summed E-state index contributed by atoms with van der Waals surface area (Å²) in [6, 6.07) is 13.7. The van der Waals surface area contributed by atoms with E-state index in [1.165, 1.54) is 11.3 Å². The summed E-state index contributed by atoms with van der Waals surface area (Å²) in [4.78, 5) is 15.9. The number of piperidine rings is 3. The van der Waals surface area contributed by atoms with Crippen LogP contribution < -0.4 is 5.32 Å². The van der Waals surface area contributed by atoms with Crippen LogP contribution in [0.25, 0.3) is 0 Å². The maximum Gasteiger partial charge on any atom is 0.335 e. The normalized spacial score (nSPS) is 28.2. The highest BCUT2D eigenvalue weighted by molar-refractivity contribution is 7.10. The molecule has 3 fully saturated rings. The topological polar surface area (TPSA) is 52.6 Å². The second kappa shape index (κ2) is 6.22. The third-order valence-electron chi connectivity index (χ3n) is 5.57. The zero-order valence-electron chi connectivity index (χ0n) is 13.5. The van der Waals surface area contributed by atoms with Gasteiger partial charge in [-0.3, -0.25) is 0 Å². The van der Waals surface area contributed by atoms with E-state index >= 15 is 0 Å². The highest BCUT2D eigenvalue weighted by Gasteiger charge is 2.54. The number of anilines is 1. The van der Waals surface area contributed by atoms with Crippen LogP contribution in [0.5, 0.6) is 0 Å². The summed E-state index contributed by atoms with van der Waals surface area (Å²) in [5.41, 5.74) is -0.191. The number of fused-ring (bicyclic) bond motifs is 3. The Kier molecular flexibility index (Phi) is 4.06. The van der Waals surface area contributed by atoms with E-state index in [1.807, 2.05) is 47.8 Å². The summed E-state index contributed by atoms with van der Waals surface area (Å²) < 4.78 is 0. The molecular weight excluding hydrogens is 320 g/mol. The molecule has 1 unspecified atom stereocenters. The monoisotopic (exact) mass is 342 g/mol. The lowest BCUT2D eigenvalue weighted by Gasteiger charge is -2.51. The summed E-state index contributed by atoms with van der Waals surface area (Å²) in [5.74, 6) is -0.228. The number of carboxylic acid groups (broad SMARTS) is 1. The van der Waals surface area contributed by atoms with E-state index < -0.39 is 11.5 Å². The number of nitrogens with zero attached hydrogens (tertiary/aromatic N) is 1. The van der Waals surface area contributed by atoms with Gasteiger partial charge >= 0.3 is 5.97 Å². The average molecular weight is 342 g/mol. The molecule has 1 aromatic carbocycles. The van der Waals surface area contributed by atoms with E-state index in [0.717, 1.165) is 43.0 Å². The first-order chi connectivity index (χ1) is 11.7. The number of carboxylic acids is 1. The van der Waals surface area contributed by atoms with Crippen LogP contribution in [0.4, 0.5) is 5.69 Å². The van der Waals surface area contributed by atoms with Crippen molar-refractivity contribution < 1.29 is 9.90 Å². The fourth-order valence-corrected chi connectivity index (χ4v) is 5.30. The van der Waals surface area contributed by atoms with Gasteiger partial charge in [-0.05, 0) is 55.4 Å². The number of thiophene rings is 1. The van der Waals surface area contributed by atoms with E-state index in [4.69, 9.17) is 0 Å². The molecule has 4 heterocycles. The van der Waals surface area contributed by atoms with Crippen molar-refractivity contribution in [2.24, 2.45) is 11.8 Å². The highest BCUT2D eigenvalue weighted by Crippen LogP contribution is 2.46. The molecule has 5 heteroatoms. The third kappa shape index (κ3) is 2.52. The van der Waals surface area contributed by atoms with Crippen LogP contribution in [-0.2, 0) is 10.3 Å². The average Bonchev–Trinajstić information content (AvgIpc) is 3.16. The molecule has 2 N–H and O–H groups in total. The molecule has 0 aliphatic carbocycles. The van der Waals surface area contributed by atoms with Crippen LogP contribution in [0.3, 0.4) is 0 Å². The minimum Gasteiger partial charge on any atom is -0.479 e. The number of rotatable bonds is 5. The largest absolute Gasteiger partial charge is 0.479 e. The SMILES string of the molecule is O=C(O)C(Nc1ccccc1)(c1cccs1)[C@H]1CN2CCC1CC2. The van der Waals surface area contributed by atoms with Crippen LogP contribution in [0.15, 0.2) is 47.8 Å². The molecule has 2 aromatic rings. The van der Waals surface area contributed by atoms with Gasteiger partial charge in [-0.1, -0.05) is 24.3 Å². The van der Waals surface area contributed by atoms with Crippen molar-refractivity contribution in [2.75, 3.05) is 25.0 Å². The smallest absolute Gasteiger partial charge is 0.335 e. The first-order valence-corrected chi connectivity index (χ1v) is 9.41. The Morgan fingerprint density at radius 3 is 2.46 bits per heavy atom. The van der Waals surface area contributed by atoms with Crippen molar-refractivity contribution in [1.82, 2.24) is 4.90 Å². The molecule has 3 saturated heterocycles. The molecule has 0 amide bonds. The van der Waals surface area contributed by atoms with Crippen molar-refractivity contribution in [1.29, 1.82) is 0 Å². The first-order valence-electron chi connectivity index (χ1n) is 8.53. The lowest BCUT2D eigenvalue weighted by molar-refractivity contribution is -0.148. The fourth-order valence-electron chi connectivity index (χ4n) is 4.36. The minimum absolute atomic E-state index is 0.0800. The fraction of sp³-hybridized carbons (Fsp3) is 0.421. The molecule has 5 rings (SSSR count). The van der Waals surface area contributed by atoms with Crippen molar-refractivity contribution >= 4 is 23.0 Å². The summed E-state index contributed by atoms with van der Waals surface area (Å²) in [7, 11) is 0. The predicted octanol–water partition coefficient (Wildman–Crippen LogP) is 3.48. The zero-order chi connectivity index (χ0) is 16.6. The molecule has 4 nitrogen and oxygen atoms in total. The van der Waals surface area contributed by atoms with Gasteiger partial charge in [0.05, 0.1) is 0 Å². The van der Waals surface area contributed by atoms with Crippen LogP contribution >= 0.6 is 11.3 Å². The lowest BCUT2D eigenvalue weighted by Crippen LogP contribution is -2.60. The number of aliphatic carboxylic acids is 1. The number of para-hydroxylation sites is 1. The maximum atomic E-state index is 12.6. The minimum atomic E-state index is -1.06. The lowest BCUT2D eigenvalue weighted by atomic mass is 9.67. The molecule has 2 atom stereocenters. The van der Waals surface area contributed by atoms with Crippen molar-refractivity contribution in [3.8, 4) is 0 Å². The second-order valence-corrected chi connectivity index (χ2v) is 7.77. The summed E-state index contributed by atoms with van der Waals surface area (Å²) in [6.45, 7) is 3.06. The van der Waals surface area contributed by atoms with E-state index in [9.17, 15) is 9.90 Å². The van der Waals surface area contributed by atoms with Crippen molar-refractivity contribution in [3.63, 3.8) is 0 Å². The Morgan fingerprint density at radius 2 is 1.92 bits per heavy atom. The Bertz CT molecular complexity index is 695. The van der Waals surface area contributed by atoms with E-state index in [2.05, 4.69) is 10.2 Å². The summed E-state index contributed by atoms with van der Waals surface area (Å²) in [5, 5.41) is 15.8. The molecule has 24 heavy (non-hydrogen) atoms. The van der Waals surface area contributed by atoms with Gasteiger partial charge < -0.3 is 15.3 Å². The molecule has 0 saturated carbocycles. The van der Waals surface area contributed by atoms with Crippen LogP contribution in [0, 0.1) is 11.8 Å². The quantitative estimate of drug-likeness (QED) is 0.873. The Labute approximate surface area is 146 Å². The zero-order valence-corrected chi connectivity index (χ0v) is 14.3. The number of hydrogen-bond acceptors (Lipinski definition) is 4. The molecular formula is C19H22N2O2S. The van der Waals surface area contributed by atoms with Gasteiger partial charge in [0.15, 0.2) is 5.54 Å². The molecule has 2 bridgehead atoms. The summed E-state index contributed by atoms with van der Waals surface area (Å²) in [6.07, 6.45) is 2.20. The molecule has 3 aliphatic rings. The number of carbonyl (C=O) groups is 1. The number of hydrogen-bond donors (Lipinski definition) is 2. The van der Waals surface area contributed by atoms with E-state index in [-0.39, 0.29) is 5.92 Å². The molecule has 1 aromatic heterocycles. The number of benzene rings is 1. The van der Waals surface area contributed by atoms with Gasteiger partial charge in [0.2, 0.25) is 0 Å². The Hall–Kier alpha value is -1.85. The highest BCUT2D eigenvalue weighted by atomic mass is 32.1. The van der Waals surface area contributed by atoms with Crippen molar-refractivity contribution in [2.45, 2.75) is 18.4 Å². The van der Waals surface area contributed by atoms with Gasteiger partial charge in [0.25, 0.3) is 0 Å². The van der Waals surface area contributed by atoms with Gasteiger partial charge in [-0.15, -0.1) is 11.3 Å². The van der Waals surface area contributed by atoms with Crippen LogP contribution in [-0.4, -0.2) is 35.6 Å². The predicted molar refractivity (Wildman–Crippen MR) is 96.4 cm³/mol. The van der Waals surface area contributed by atoms with Gasteiger partial charge in [0.1, 0.15) is 0 Å². The molecule has 0 spiro atoms. The standard InChI is InChI=1S/C19H22N2O2S/c22-18(23)19(17-7-4-12-24-17,20-15-5-2-1-3-6-15)16-13-21-10-8-14(16)9-11-21/h1-7,12,14,16,20H,8-11,13H2,(H,22,23)/t16-,19?/m0/s1. The number of nitrogens with one attached hydrogen (secondary N) is 1. The van der Waals surface area contributed by atoms with Gasteiger partial charge in [-0.2, -0.15) is 0 Å². The maximum absolute atomic E-state index is 12.6. The van der Waals surface area contributed by atoms with Crippen LogP contribution in [0.1, 0.15) is 17.7 Å². The second-order valence-electron chi connectivity index (χ2n) is 6.83. The van der Waals surface area contributed by atoms with Crippen molar-refractivity contribution in [3.05, 3.63) is 52.7 Å². The van der Waals surface area contributed by atoms with Crippen LogP contribution in [0.2, 0.25) is 0 Å². The van der Waals surface area contributed by atoms with E-state index in [1.54, 1.807) is 0 Å². The Balaban J connectivity index is 1.80. The Morgan fingerprint density at radius 1 is 1.17 bits per heavy atom.